The quantitative estimate of drug-likeness (QED) is 0.708. The number of anilines is 1. The maximum absolute atomic E-state index is 12.7. The maximum atomic E-state index is 12.7. The number of rotatable bonds is 6. The number of esters is 1. The predicted octanol–water partition coefficient (Wildman–Crippen LogP) is 2.53. The van der Waals surface area contributed by atoms with E-state index in [1.807, 2.05) is 6.07 Å². The highest BCUT2D eigenvalue weighted by molar-refractivity contribution is 7.89. The van der Waals surface area contributed by atoms with Crippen LogP contribution in [0, 0.1) is 11.3 Å². The summed E-state index contributed by atoms with van der Waals surface area (Å²) >= 11 is 0. The number of amides is 1. The zero-order valence-electron chi connectivity index (χ0n) is 16.4. The molecule has 8 nitrogen and oxygen atoms in total. The Morgan fingerprint density at radius 3 is 2.43 bits per heavy atom. The fourth-order valence-electron chi connectivity index (χ4n) is 3.02. The first-order chi connectivity index (χ1) is 14.3. The van der Waals surface area contributed by atoms with E-state index < -0.39 is 28.0 Å². The molecule has 0 saturated carbocycles. The van der Waals surface area contributed by atoms with Crippen LogP contribution < -0.4 is 5.32 Å². The fraction of sp³-hybridized carbons (Fsp3) is 0.286. The number of ether oxygens (including phenoxy) is 1. The number of carbonyl (C=O) groups excluding carboxylic acids is 2. The average molecular weight is 427 g/mol. The van der Waals surface area contributed by atoms with E-state index in [9.17, 15) is 18.0 Å². The number of hydrogen-bond acceptors (Lipinski definition) is 6. The van der Waals surface area contributed by atoms with Crippen molar-refractivity contribution in [2.75, 3.05) is 18.4 Å². The van der Waals surface area contributed by atoms with Crippen LogP contribution in [-0.4, -0.2) is 43.8 Å². The third-order valence-corrected chi connectivity index (χ3v) is 6.60. The molecule has 3 rings (SSSR count). The van der Waals surface area contributed by atoms with Gasteiger partial charge in [-0.3, -0.25) is 4.79 Å². The molecule has 1 amide bonds. The maximum Gasteiger partial charge on any atom is 0.338 e. The highest BCUT2D eigenvalue weighted by Crippen LogP contribution is 2.22. The summed E-state index contributed by atoms with van der Waals surface area (Å²) in [5.41, 5.74) is 0.963. The van der Waals surface area contributed by atoms with Crippen LogP contribution >= 0.6 is 0 Å². The first kappa shape index (κ1) is 21.5. The lowest BCUT2D eigenvalue weighted by Gasteiger charge is -2.16. The van der Waals surface area contributed by atoms with Crippen molar-refractivity contribution in [1.29, 1.82) is 5.26 Å². The van der Waals surface area contributed by atoms with E-state index in [1.165, 1.54) is 35.5 Å². The second-order valence-corrected chi connectivity index (χ2v) is 8.80. The number of nitrogens with one attached hydrogen (secondary N) is 1. The summed E-state index contributed by atoms with van der Waals surface area (Å²) in [5.74, 6) is -1.34. The van der Waals surface area contributed by atoms with Gasteiger partial charge in [-0.15, -0.1) is 0 Å². The van der Waals surface area contributed by atoms with Gasteiger partial charge in [0.1, 0.15) is 0 Å². The van der Waals surface area contributed by atoms with E-state index in [1.54, 1.807) is 24.3 Å². The molecule has 0 aromatic heterocycles. The predicted molar refractivity (Wildman–Crippen MR) is 109 cm³/mol. The van der Waals surface area contributed by atoms with Crippen molar-refractivity contribution in [3.05, 3.63) is 59.7 Å². The van der Waals surface area contributed by atoms with Crippen molar-refractivity contribution >= 4 is 27.6 Å². The van der Waals surface area contributed by atoms with Gasteiger partial charge in [0.15, 0.2) is 6.10 Å². The summed E-state index contributed by atoms with van der Waals surface area (Å²) in [5, 5.41) is 11.4. The van der Waals surface area contributed by atoms with Crippen LogP contribution in [0.25, 0.3) is 0 Å². The van der Waals surface area contributed by atoms with Gasteiger partial charge >= 0.3 is 5.97 Å². The van der Waals surface area contributed by atoms with Crippen molar-refractivity contribution in [1.82, 2.24) is 4.31 Å². The van der Waals surface area contributed by atoms with E-state index in [4.69, 9.17) is 10.00 Å². The van der Waals surface area contributed by atoms with E-state index in [-0.39, 0.29) is 10.5 Å². The molecule has 1 aliphatic rings. The molecule has 156 valence electrons. The normalized spacial score (nSPS) is 15.2. The first-order valence-corrected chi connectivity index (χ1v) is 10.9. The van der Waals surface area contributed by atoms with E-state index >= 15 is 0 Å². The summed E-state index contributed by atoms with van der Waals surface area (Å²) in [7, 11) is -3.66. The Labute approximate surface area is 175 Å². The van der Waals surface area contributed by atoms with Crippen LogP contribution in [0.4, 0.5) is 5.69 Å². The smallest absolute Gasteiger partial charge is 0.338 e. The van der Waals surface area contributed by atoms with Crippen molar-refractivity contribution in [2.45, 2.75) is 30.8 Å². The zero-order chi connectivity index (χ0) is 21.7. The number of nitrogens with zero attached hydrogens (tertiary/aromatic N) is 2. The average Bonchev–Trinajstić information content (AvgIpc) is 3.30. The van der Waals surface area contributed by atoms with Crippen molar-refractivity contribution in [3.63, 3.8) is 0 Å². The molecule has 2 aromatic carbocycles. The Morgan fingerprint density at radius 2 is 1.80 bits per heavy atom. The summed E-state index contributed by atoms with van der Waals surface area (Å²) in [6.45, 7) is 2.34. The molecule has 0 spiro atoms. The molecule has 1 heterocycles. The van der Waals surface area contributed by atoms with Gasteiger partial charge in [-0.1, -0.05) is 6.07 Å². The Hall–Kier alpha value is -3.22. The topological polar surface area (TPSA) is 117 Å². The van der Waals surface area contributed by atoms with Gasteiger partial charge < -0.3 is 10.1 Å². The molecule has 1 saturated heterocycles. The minimum Gasteiger partial charge on any atom is -0.449 e. The van der Waals surface area contributed by atoms with Crippen molar-refractivity contribution in [2.24, 2.45) is 0 Å². The molecule has 1 unspecified atom stereocenters. The lowest BCUT2D eigenvalue weighted by molar-refractivity contribution is -0.123. The molecule has 0 bridgehead atoms. The van der Waals surface area contributed by atoms with Crippen LogP contribution in [0.2, 0.25) is 0 Å². The van der Waals surface area contributed by atoms with Gasteiger partial charge in [0.05, 0.1) is 22.1 Å². The van der Waals surface area contributed by atoms with Crippen LogP contribution in [0.5, 0.6) is 0 Å². The van der Waals surface area contributed by atoms with Gasteiger partial charge in [0.2, 0.25) is 10.0 Å². The van der Waals surface area contributed by atoms with E-state index in [0.717, 1.165) is 12.8 Å². The molecule has 1 atom stereocenters. The lowest BCUT2D eigenvalue weighted by Crippen LogP contribution is -2.30. The monoisotopic (exact) mass is 427 g/mol. The highest BCUT2D eigenvalue weighted by Gasteiger charge is 2.28. The molecule has 0 aliphatic carbocycles. The Bertz CT molecular complexity index is 1080. The third-order valence-electron chi connectivity index (χ3n) is 4.71. The van der Waals surface area contributed by atoms with Crippen LogP contribution in [0.15, 0.2) is 53.4 Å². The molecular formula is C21H21N3O5S. The Morgan fingerprint density at radius 1 is 1.13 bits per heavy atom. The van der Waals surface area contributed by atoms with Gasteiger partial charge in [-0.25, -0.2) is 13.2 Å². The summed E-state index contributed by atoms with van der Waals surface area (Å²) in [6, 6.07) is 13.8. The molecule has 1 N–H and O–H groups in total. The van der Waals surface area contributed by atoms with Crippen LogP contribution in [0.1, 0.15) is 35.7 Å². The zero-order valence-corrected chi connectivity index (χ0v) is 17.2. The van der Waals surface area contributed by atoms with Crippen molar-refractivity contribution in [3.8, 4) is 6.07 Å². The van der Waals surface area contributed by atoms with E-state index in [2.05, 4.69) is 5.32 Å². The van der Waals surface area contributed by atoms with Gasteiger partial charge in [-0.05, 0) is 62.2 Å². The summed E-state index contributed by atoms with van der Waals surface area (Å²) in [6.07, 6.45) is 0.520. The number of nitriles is 1. The fourth-order valence-corrected chi connectivity index (χ4v) is 4.58. The second kappa shape index (κ2) is 9.07. The Kier molecular flexibility index (Phi) is 6.50. The van der Waals surface area contributed by atoms with Crippen molar-refractivity contribution < 1.29 is 22.7 Å². The van der Waals surface area contributed by atoms with Crippen LogP contribution in [0.3, 0.4) is 0 Å². The van der Waals surface area contributed by atoms with Gasteiger partial charge in [0, 0.05) is 18.8 Å². The summed E-state index contributed by atoms with van der Waals surface area (Å²) < 4.78 is 31.9. The Balaban J connectivity index is 1.66. The molecule has 0 radical (unpaired) electrons. The second-order valence-electron chi connectivity index (χ2n) is 6.86. The molecule has 9 heteroatoms. The largest absolute Gasteiger partial charge is 0.449 e. The molecule has 1 aliphatic heterocycles. The third kappa shape index (κ3) is 4.84. The highest BCUT2D eigenvalue weighted by atomic mass is 32.2. The molecular weight excluding hydrogens is 406 g/mol. The standard InChI is InChI=1S/C21H21N3O5S/c1-15(20(25)23-18-9-7-16(14-22)8-10-18)29-21(26)17-5-4-6-19(13-17)30(27,28)24-11-2-3-12-24/h4-10,13,15H,2-3,11-12H2,1H3,(H,23,25). The number of sulfonamides is 1. The number of carbonyl (C=O) groups is 2. The molecule has 2 aromatic rings. The summed E-state index contributed by atoms with van der Waals surface area (Å²) in [4.78, 5) is 24.7. The number of hydrogen-bond donors (Lipinski definition) is 1. The molecule has 1 fully saturated rings. The minimum absolute atomic E-state index is 0.0218. The minimum atomic E-state index is -3.66. The number of benzene rings is 2. The van der Waals surface area contributed by atoms with E-state index in [0.29, 0.717) is 24.3 Å². The van der Waals surface area contributed by atoms with Gasteiger partial charge in [0.25, 0.3) is 5.91 Å². The first-order valence-electron chi connectivity index (χ1n) is 9.43. The SMILES string of the molecule is CC(OC(=O)c1cccc(S(=O)(=O)N2CCCC2)c1)C(=O)Nc1ccc(C#N)cc1. The van der Waals surface area contributed by atoms with Gasteiger partial charge in [-0.2, -0.15) is 9.57 Å². The molecule has 30 heavy (non-hydrogen) atoms. The van der Waals surface area contributed by atoms with Crippen LogP contribution in [-0.2, 0) is 19.6 Å². The lowest BCUT2D eigenvalue weighted by atomic mass is 10.2.